The lowest BCUT2D eigenvalue weighted by Crippen LogP contribution is -2.44. The lowest BCUT2D eigenvalue weighted by molar-refractivity contribution is -0.137. The third-order valence-electron chi connectivity index (χ3n) is 3.29. The highest BCUT2D eigenvalue weighted by Crippen LogP contribution is 2.33. The molecule has 6 heteroatoms. The molecule has 1 aliphatic carbocycles. The Hall–Kier alpha value is -2.11. The van der Waals surface area contributed by atoms with E-state index < -0.39 is 5.97 Å². The first-order valence-corrected chi connectivity index (χ1v) is 6.81. The molecule has 2 rings (SSSR count). The molecule has 1 fully saturated rings. The van der Waals surface area contributed by atoms with Gasteiger partial charge in [0.2, 0.25) is 0 Å². The van der Waals surface area contributed by atoms with E-state index in [2.05, 4.69) is 15.6 Å². The molecule has 0 radical (unpaired) electrons. The van der Waals surface area contributed by atoms with E-state index in [1.165, 1.54) is 0 Å². The summed E-state index contributed by atoms with van der Waals surface area (Å²) in [6.45, 7) is 0.479. The standard InChI is InChI=1S/C14H19N3O3/c18-13(19)9-12(10-4-5-10)17-14(20)16-8-6-11-3-1-2-7-15-11/h1-3,7,10,12H,4-6,8-9H2,(H,18,19)(H2,16,17,20). The fraction of sp³-hybridized carbons (Fsp3) is 0.500. The Kier molecular flexibility index (Phi) is 4.92. The summed E-state index contributed by atoms with van der Waals surface area (Å²) in [7, 11) is 0. The number of rotatable bonds is 7. The molecule has 0 spiro atoms. The molecule has 1 saturated carbocycles. The molecule has 0 bridgehead atoms. The zero-order valence-corrected chi connectivity index (χ0v) is 11.2. The van der Waals surface area contributed by atoms with Gasteiger partial charge in [0.15, 0.2) is 0 Å². The fourth-order valence-corrected chi connectivity index (χ4v) is 2.09. The van der Waals surface area contributed by atoms with Crippen molar-refractivity contribution in [2.75, 3.05) is 6.54 Å². The summed E-state index contributed by atoms with van der Waals surface area (Å²) < 4.78 is 0. The van der Waals surface area contributed by atoms with Crippen molar-refractivity contribution in [3.8, 4) is 0 Å². The summed E-state index contributed by atoms with van der Waals surface area (Å²) in [5.74, 6) is -0.566. The van der Waals surface area contributed by atoms with Crippen LogP contribution in [0.15, 0.2) is 24.4 Å². The summed E-state index contributed by atoms with van der Waals surface area (Å²) in [5.41, 5.74) is 0.914. The lowest BCUT2D eigenvalue weighted by atomic mass is 10.1. The molecular weight excluding hydrogens is 258 g/mol. The van der Waals surface area contributed by atoms with Gasteiger partial charge in [0.1, 0.15) is 0 Å². The number of nitrogens with zero attached hydrogens (tertiary/aromatic N) is 1. The smallest absolute Gasteiger partial charge is 0.315 e. The van der Waals surface area contributed by atoms with Crippen LogP contribution < -0.4 is 10.6 Å². The Labute approximate surface area is 117 Å². The van der Waals surface area contributed by atoms with Gasteiger partial charge in [-0.15, -0.1) is 0 Å². The minimum atomic E-state index is -0.879. The zero-order chi connectivity index (χ0) is 14.4. The second-order valence-electron chi connectivity index (χ2n) is 5.01. The van der Waals surface area contributed by atoms with E-state index in [1.807, 2.05) is 18.2 Å². The summed E-state index contributed by atoms with van der Waals surface area (Å²) in [4.78, 5) is 26.6. The van der Waals surface area contributed by atoms with Gasteiger partial charge in [0.25, 0.3) is 0 Å². The quantitative estimate of drug-likeness (QED) is 0.698. The van der Waals surface area contributed by atoms with E-state index in [0.29, 0.717) is 18.9 Å². The van der Waals surface area contributed by atoms with E-state index in [1.54, 1.807) is 6.20 Å². The van der Waals surface area contributed by atoms with Crippen LogP contribution in [0.1, 0.15) is 25.0 Å². The van der Waals surface area contributed by atoms with Crippen LogP contribution in [0, 0.1) is 5.92 Å². The minimum absolute atomic E-state index is 0.0155. The van der Waals surface area contributed by atoms with Gasteiger partial charge in [-0.2, -0.15) is 0 Å². The van der Waals surface area contributed by atoms with Crippen LogP contribution in [-0.4, -0.2) is 34.7 Å². The van der Waals surface area contributed by atoms with Crippen LogP contribution in [0.25, 0.3) is 0 Å². The fourth-order valence-electron chi connectivity index (χ4n) is 2.09. The SMILES string of the molecule is O=C(O)CC(NC(=O)NCCc1ccccn1)C1CC1. The lowest BCUT2D eigenvalue weighted by Gasteiger charge is -2.16. The maximum absolute atomic E-state index is 11.7. The Morgan fingerprint density at radius 1 is 1.40 bits per heavy atom. The maximum atomic E-state index is 11.7. The van der Waals surface area contributed by atoms with Crippen molar-refractivity contribution in [1.82, 2.24) is 15.6 Å². The topological polar surface area (TPSA) is 91.3 Å². The van der Waals surface area contributed by atoms with Gasteiger partial charge in [-0.3, -0.25) is 9.78 Å². The predicted molar refractivity (Wildman–Crippen MR) is 73.2 cm³/mol. The molecule has 3 N–H and O–H groups in total. The Morgan fingerprint density at radius 3 is 2.80 bits per heavy atom. The van der Waals surface area contributed by atoms with Gasteiger partial charge in [-0.05, 0) is 30.9 Å². The molecule has 20 heavy (non-hydrogen) atoms. The highest BCUT2D eigenvalue weighted by atomic mass is 16.4. The highest BCUT2D eigenvalue weighted by Gasteiger charge is 2.33. The second kappa shape index (κ2) is 6.88. The number of aromatic nitrogens is 1. The summed E-state index contributed by atoms with van der Waals surface area (Å²) in [6.07, 6.45) is 4.34. The first-order chi connectivity index (χ1) is 9.65. The number of hydrogen-bond donors (Lipinski definition) is 3. The molecule has 1 atom stereocenters. The van der Waals surface area contributed by atoms with Gasteiger partial charge in [-0.25, -0.2) is 4.79 Å². The molecule has 1 aromatic heterocycles. The first-order valence-electron chi connectivity index (χ1n) is 6.81. The second-order valence-corrected chi connectivity index (χ2v) is 5.01. The first kappa shape index (κ1) is 14.3. The number of carboxylic acid groups (broad SMARTS) is 1. The van der Waals surface area contributed by atoms with Crippen molar-refractivity contribution in [2.24, 2.45) is 5.92 Å². The van der Waals surface area contributed by atoms with E-state index in [4.69, 9.17) is 5.11 Å². The van der Waals surface area contributed by atoms with Gasteiger partial charge in [-0.1, -0.05) is 6.07 Å². The van der Waals surface area contributed by atoms with Crippen molar-refractivity contribution in [3.63, 3.8) is 0 Å². The number of amides is 2. The largest absolute Gasteiger partial charge is 0.481 e. The molecule has 108 valence electrons. The molecule has 0 aromatic carbocycles. The Morgan fingerprint density at radius 2 is 2.20 bits per heavy atom. The van der Waals surface area contributed by atoms with Crippen LogP contribution in [-0.2, 0) is 11.2 Å². The van der Waals surface area contributed by atoms with E-state index >= 15 is 0 Å². The average molecular weight is 277 g/mol. The van der Waals surface area contributed by atoms with Crippen LogP contribution >= 0.6 is 0 Å². The predicted octanol–water partition coefficient (Wildman–Crippen LogP) is 1.18. The number of nitrogens with one attached hydrogen (secondary N) is 2. The number of urea groups is 1. The molecule has 1 aromatic rings. The van der Waals surface area contributed by atoms with Gasteiger partial charge in [0, 0.05) is 30.9 Å². The zero-order valence-electron chi connectivity index (χ0n) is 11.2. The molecule has 1 unspecified atom stereocenters. The summed E-state index contributed by atoms with van der Waals surface area (Å²) in [6, 6.07) is 5.08. The van der Waals surface area contributed by atoms with Crippen molar-refractivity contribution >= 4 is 12.0 Å². The summed E-state index contributed by atoms with van der Waals surface area (Å²) in [5, 5.41) is 14.3. The van der Waals surface area contributed by atoms with Crippen molar-refractivity contribution in [3.05, 3.63) is 30.1 Å². The van der Waals surface area contributed by atoms with E-state index in [0.717, 1.165) is 18.5 Å². The molecular formula is C14H19N3O3. The normalized spacial score (nSPS) is 15.4. The van der Waals surface area contributed by atoms with E-state index in [9.17, 15) is 9.59 Å². The average Bonchev–Trinajstić information content (AvgIpc) is 3.23. The van der Waals surface area contributed by atoms with Crippen molar-refractivity contribution in [1.29, 1.82) is 0 Å². The number of hydrogen-bond acceptors (Lipinski definition) is 3. The van der Waals surface area contributed by atoms with Gasteiger partial charge < -0.3 is 15.7 Å². The molecule has 1 heterocycles. The van der Waals surface area contributed by atoms with Crippen molar-refractivity contribution < 1.29 is 14.7 Å². The molecule has 0 saturated heterocycles. The number of carbonyl (C=O) groups is 2. The number of pyridine rings is 1. The molecule has 6 nitrogen and oxygen atoms in total. The van der Waals surface area contributed by atoms with Gasteiger partial charge in [0.05, 0.1) is 6.42 Å². The maximum Gasteiger partial charge on any atom is 0.315 e. The number of carbonyl (C=O) groups excluding carboxylic acids is 1. The third-order valence-corrected chi connectivity index (χ3v) is 3.29. The highest BCUT2D eigenvalue weighted by molar-refractivity contribution is 5.75. The molecule has 2 amide bonds. The number of carboxylic acids is 1. The summed E-state index contributed by atoms with van der Waals surface area (Å²) >= 11 is 0. The number of aliphatic carboxylic acids is 1. The van der Waals surface area contributed by atoms with Crippen molar-refractivity contribution in [2.45, 2.75) is 31.7 Å². The van der Waals surface area contributed by atoms with E-state index in [-0.39, 0.29) is 18.5 Å². The van der Waals surface area contributed by atoms with Gasteiger partial charge >= 0.3 is 12.0 Å². The van der Waals surface area contributed by atoms with Crippen LogP contribution in [0.4, 0.5) is 4.79 Å². The van der Waals surface area contributed by atoms with Crippen LogP contribution in [0.2, 0.25) is 0 Å². The molecule has 0 aliphatic heterocycles. The Balaban J connectivity index is 1.70. The molecule has 1 aliphatic rings. The monoisotopic (exact) mass is 277 g/mol. The minimum Gasteiger partial charge on any atom is -0.481 e. The Bertz CT molecular complexity index is 460. The van der Waals surface area contributed by atoms with Crippen LogP contribution in [0.5, 0.6) is 0 Å². The van der Waals surface area contributed by atoms with Crippen LogP contribution in [0.3, 0.4) is 0 Å². The third kappa shape index (κ3) is 4.87.